The Labute approximate surface area is 80.1 Å². The van der Waals surface area contributed by atoms with Gasteiger partial charge in [0, 0.05) is 12.0 Å². The van der Waals surface area contributed by atoms with E-state index >= 15 is 0 Å². The largest absolute Gasteiger partial charge is 0.295 e. The molecule has 0 heterocycles. The van der Waals surface area contributed by atoms with E-state index in [0.717, 1.165) is 0 Å². The van der Waals surface area contributed by atoms with Gasteiger partial charge in [0.2, 0.25) is 0 Å². The van der Waals surface area contributed by atoms with Crippen LogP contribution >= 0.6 is 0 Å². The summed E-state index contributed by atoms with van der Waals surface area (Å²) in [6.07, 6.45) is 2.10. The summed E-state index contributed by atoms with van der Waals surface area (Å²) < 4.78 is 26.5. The molecule has 0 saturated heterocycles. The zero-order chi connectivity index (χ0) is 10.1. The Morgan fingerprint density at radius 3 is 2.21 bits per heavy atom. The molecule has 0 unspecified atom stereocenters. The second kappa shape index (κ2) is 3.33. The number of ketones is 1. The summed E-state index contributed by atoms with van der Waals surface area (Å²) >= 11 is 0. The molecule has 72 valence electrons. The predicted octanol–water partition coefficient (Wildman–Crippen LogP) is 2.71. The smallest absolute Gasteiger partial charge is 0.156 e. The monoisotopic (exact) mass is 194 g/mol. The molecule has 1 aromatic carbocycles. The molecular weight excluding hydrogens is 186 g/mol. The summed E-state index contributed by atoms with van der Waals surface area (Å²) in [6, 6.07) is 3.70. The first-order valence-corrected chi connectivity index (χ1v) is 4.36. The van der Waals surface area contributed by atoms with Gasteiger partial charge in [-0.05, 0) is 30.2 Å². The first-order valence-electron chi connectivity index (χ1n) is 4.36. The van der Waals surface area contributed by atoms with E-state index in [4.69, 9.17) is 0 Å². The van der Waals surface area contributed by atoms with Crippen LogP contribution in [0.1, 0.15) is 18.4 Å². The molecule has 0 amide bonds. The van der Waals surface area contributed by atoms with Crippen molar-refractivity contribution < 1.29 is 13.6 Å². The van der Waals surface area contributed by atoms with E-state index in [2.05, 4.69) is 0 Å². The minimum Gasteiger partial charge on any atom is -0.295 e. The van der Waals surface area contributed by atoms with E-state index in [9.17, 15) is 13.6 Å². The van der Waals surface area contributed by atoms with Gasteiger partial charge in [-0.3, -0.25) is 4.79 Å². The standard InChI is InChI=1S/C11H8F2O/c12-9-2-1-3-10(13)11(9)7-4-5-8(14)6-7/h1-3,6H,4-5H2. The quantitative estimate of drug-likeness (QED) is 0.671. The lowest BCUT2D eigenvalue weighted by molar-refractivity contribution is -0.114. The predicted molar refractivity (Wildman–Crippen MR) is 48.6 cm³/mol. The van der Waals surface area contributed by atoms with E-state index in [1.807, 2.05) is 0 Å². The lowest BCUT2D eigenvalue weighted by Crippen LogP contribution is -1.92. The zero-order valence-electron chi connectivity index (χ0n) is 7.39. The molecule has 0 spiro atoms. The first-order chi connectivity index (χ1) is 6.68. The van der Waals surface area contributed by atoms with Crippen LogP contribution in [0.25, 0.3) is 5.57 Å². The van der Waals surface area contributed by atoms with Crippen LogP contribution < -0.4 is 0 Å². The molecule has 1 nitrogen and oxygen atoms in total. The average molecular weight is 194 g/mol. The molecule has 0 aromatic heterocycles. The molecule has 0 radical (unpaired) electrons. The van der Waals surface area contributed by atoms with Crippen molar-refractivity contribution in [2.45, 2.75) is 12.8 Å². The molecular formula is C11H8F2O. The minimum atomic E-state index is -0.606. The number of halogens is 2. The van der Waals surface area contributed by atoms with Crippen molar-refractivity contribution in [3.8, 4) is 0 Å². The van der Waals surface area contributed by atoms with Gasteiger partial charge in [-0.2, -0.15) is 0 Å². The summed E-state index contributed by atoms with van der Waals surface area (Å²) in [6.45, 7) is 0. The van der Waals surface area contributed by atoms with Gasteiger partial charge in [0.15, 0.2) is 5.78 Å². The second-order valence-corrected chi connectivity index (χ2v) is 3.23. The highest BCUT2D eigenvalue weighted by atomic mass is 19.1. The molecule has 0 bridgehead atoms. The number of benzene rings is 1. The number of carbonyl (C=O) groups excluding carboxylic acids is 1. The van der Waals surface area contributed by atoms with E-state index in [-0.39, 0.29) is 11.3 Å². The van der Waals surface area contributed by atoms with Crippen LogP contribution in [0, 0.1) is 11.6 Å². The van der Waals surface area contributed by atoms with Gasteiger partial charge in [-0.1, -0.05) is 6.07 Å². The van der Waals surface area contributed by atoms with Gasteiger partial charge >= 0.3 is 0 Å². The first kappa shape index (κ1) is 9.06. The van der Waals surface area contributed by atoms with Crippen LogP contribution in [0.15, 0.2) is 24.3 Å². The number of hydrogen-bond acceptors (Lipinski definition) is 1. The summed E-state index contributed by atoms with van der Waals surface area (Å²) in [5.74, 6) is -1.28. The Bertz CT molecular complexity index is 401. The maximum Gasteiger partial charge on any atom is 0.156 e. The van der Waals surface area contributed by atoms with Crippen LogP contribution in [-0.2, 0) is 4.79 Å². The van der Waals surface area contributed by atoms with Crippen molar-refractivity contribution in [3.63, 3.8) is 0 Å². The molecule has 2 rings (SSSR count). The SMILES string of the molecule is O=C1C=C(c2c(F)cccc2F)CC1. The Kier molecular flexibility index (Phi) is 2.15. The third-order valence-corrected chi connectivity index (χ3v) is 2.26. The zero-order valence-corrected chi connectivity index (χ0v) is 7.39. The van der Waals surface area contributed by atoms with Gasteiger partial charge < -0.3 is 0 Å². The van der Waals surface area contributed by atoms with E-state index < -0.39 is 11.6 Å². The molecule has 1 aliphatic carbocycles. The minimum absolute atomic E-state index is 0.0571. The van der Waals surface area contributed by atoms with Gasteiger partial charge in [0.1, 0.15) is 11.6 Å². The van der Waals surface area contributed by atoms with E-state index in [0.29, 0.717) is 18.4 Å². The van der Waals surface area contributed by atoms with Gasteiger partial charge in [-0.15, -0.1) is 0 Å². The fraction of sp³-hybridized carbons (Fsp3) is 0.182. The van der Waals surface area contributed by atoms with Crippen LogP contribution in [0.2, 0.25) is 0 Å². The van der Waals surface area contributed by atoms with Crippen molar-refractivity contribution in [1.29, 1.82) is 0 Å². The third kappa shape index (κ3) is 1.45. The second-order valence-electron chi connectivity index (χ2n) is 3.23. The highest BCUT2D eigenvalue weighted by molar-refractivity contribution is 6.01. The number of carbonyl (C=O) groups is 1. The molecule has 0 N–H and O–H groups in total. The molecule has 0 atom stereocenters. The van der Waals surface area contributed by atoms with Crippen LogP contribution in [0.5, 0.6) is 0 Å². The lowest BCUT2D eigenvalue weighted by atomic mass is 10.0. The Hall–Kier alpha value is -1.51. The Morgan fingerprint density at radius 1 is 1.07 bits per heavy atom. The summed E-state index contributed by atoms with van der Waals surface area (Å²) in [4.78, 5) is 10.9. The molecule has 14 heavy (non-hydrogen) atoms. The van der Waals surface area contributed by atoms with Crippen molar-refractivity contribution >= 4 is 11.4 Å². The van der Waals surface area contributed by atoms with Crippen LogP contribution in [-0.4, -0.2) is 5.78 Å². The van der Waals surface area contributed by atoms with Crippen molar-refractivity contribution in [2.75, 3.05) is 0 Å². The number of hydrogen-bond donors (Lipinski definition) is 0. The maximum absolute atomic E-state index is 13.2. The van der Waals surface area contributed by atoms with Gasteiger partial charge in [-0.25, -0.2) is 8.78 Å². The van der Waals surface area contributed by atoms with Gasteiger partial charge in [0.25, 0.3) is 0 Å². The fourth-order valence-electron chi connectivity index (χ4n) is 1.60. The van der Waals surface area contributed by atoms with Crippen molar-refractivity contribution in [2.24, 2.45) is 0 Å². The van der Waals surface area contributed by atoms with E-state index in [1.165, 1.54) is 24.3 Å². The van der Waals surface area contributed by atoms with Crippen LogP contribution in [0.3, 0.4) is 0 Å². The van der Waals surface area contributed by atoms with Crippen molar-refractivity contribution in [3.05, 3.63) is 41.5 Å². The average Bonchev–Trinajstić information content (AvgIpc) is 2.51. The molecule has 0 saturated carbocycles. The summed E-state index contributed by atoms with van der Waals surface area (Å²) in [7, 11) is 0. The van der Waals surface area contributed by atoms with Crippen LogP contribution in [0.4, 0.5) is 8.78 Å². The lowest BCUT2D eigenvalue weighted by Gasteiger charge is -2.04. The van der Waals surface area contributed by atoms with Crippen molar-refractivity contribution in [1.82, 2.24) is 0 Å². The summed E-state index contributed by atoms with van der Waals surface area (Å²) in [5.41, 5.74) is 0.406. The normalized spacial score (nSPS) is 15.9. The Morgan fingerprint density at radius 2 is 1.71 bits per heavy atom. The third-order valence-electron chi connectivity index (χ3n) is 2.26. The summed E-state index contributed by atoms with van der Waals surface area (Å²) in [5, 5.41) is 0. The molecule has 1 aliphatic rings. The molecule has 0 aliphatic heterocycles. The molecule has 3 heteroatoms. The topological polar surface area (TPSA) is 17.1 Å². The fourth-order valence-corrected chi connectivity index (χ4v) is 1.60. The molecule has 1 aromatic rings. The number of rotatable bonds is 1. The highest BCUT2D eigenvalue weighted by Crippen LogP contribution is 2.29. The Balaban J connectivity index is 2.51. The highest BCUT2D eigenvalue weighted by Gasteiger charge is 2.19. The maximum atomic E-state index is 13.2. The molecule has 0 fully saturated rings. The number of allylic oxidation sites excluding steroid dienone is 2. The van der Waals surface area contributed by atoms with E-state index in [1.54, 1.807) is 0 Å². The van der Waals surface area contributed by atoms with Gasteiger partial charge in [0.05, 0.1) is 0 Å².